The number of aromatic nitrogens is 1. The van der Waals surface area contributed by atoms with Gasteiger partial charge in [0.1, 0.15) is 16.8 Å². The van der Waals surface area contributed by atoms with Gasteiger partial charge in [-0.25, -0.2) is 13.8 Å². The largest absolute Gasteiger partial charge is 0.339 e. The number of rotatable bonds is 3. The normalized spacial score (nSPS) is 31.9. The fourth-order valence-corrected chi connectivity index (χ4v) is 8.57. The highest BCUT2D eigenvalue weighted by molar-refractivity contribution is 6.29. The number of carbonyl (C=O) groups is 1. The first-order valence-corrected chi connectivity index (χ1v) is 14.9. The molecule has 1 amide bonds. The predicted octanol–water partition coefficient (Wildman–Crippen LogP) is 6.41. The summed E-state index contributed by atoms with van der Waals surface area (Å²) in [6.45, 7) is 4.22. The minimum atomic E-state index is -0.463. The maximum absolute atomic E-state index is 14.8. The van der Waals surface area contributed by atoms with E-state index in [2.05, 4.69) is 28.2 Å². The minimum absolute atomic E-state index is 0.0138. The number of benzene rings is 1. The van der Waals surface area contributed by atoms with Crippen LogP contribution in [0.25, 0.3) is 0 Å². The van der Waals surface area contributed by atoms with E-state index in [-0.39, 0.29) is 34.8 Å². The molecule has 2 aliphatic heterocycles. The van der Waals surface area contributed by atoms with E-state index in [1.807, 2.05) is 6.07 Å². The maximum atomic E-state index is 14.8. The Morgan fingerprint density at radius 2 is 1.84 bits per heavy atom. The summed E-state index contributed by atoms with van der Waals surface area (Å²) in [7, 11) is 0. The molecule has 4 aliphatic rings. The third-order valence-electron chi connectivity index (χ3n) is 10.4. The molecule has 6 rings (SSSR count). The molecule has 1 spiro atoms. The summed E-state index contributed by atoms with van der Waals surface area (Å²) in [5, 5.41) is 4.08. The van der Waals surface area contributed by atoms with Crippen LogP contribution in [0.2, 0.25) is 5.15 Å². The number of likely N-dealkylation sites (tertiary alicyclic amines) is 1. The number of nitrogens with zero attached hydrogens (tertiary/aromatic N) is 2. The van der Waals surface area contributed by atoms with E-state index in [0.29, 0.717) is 42.9 Å². The van der Waals surface area contributed by atoms with Crippen LogP contribution in [0.4, 0.5) is 8.78 Å². The highest BCUT2D eigenvalue weighted by Gasteiger charge is 2.55. The number of piperidine rings is 1. The number of fused-ring (bicyclic) bond motifs is 2. The van der Waals surface area contributed by atoms with Gasteiger partial charge in [-0.15, -0.1) is 0 Å². The van der Waals surface area contributed by atoms with Gasteiger partial charge < -0.3 is 10.2 Å². The SMILES string of the molecule is CC1CCc2nc(Cl)ccc2C12CNCC2C(=O)N1CCC(c2c(F)cccc2F)CC1C1CCCCC1. The van der Waals surface area contributed by atoms with Crippen molar-refractivity contribution in [2.45, 2.75) is 82.1 Å². The first kappa shape index (κ1) is 26.2. The molecule has 1 aromatic carbocycles. The molecular formula is C31H38ClF2N3O. The van der Waals surface area contributed by atoms with Crippen molar-refractivity contribution in [1.29, 1.82) is 0 Å². The van der Waals surface area contributed by atoms with Crippen molar-refractivity contribution < 1.29 is 13.6 Å². The summed E-state index contributed by atoms with van der Waals surface area (Å²) in [6.07, 6.45) is 8.78. The van der Waals surface area contributed by atoms with Gasteiger partial charge in [0.25, 0.3) is 0 Å². The molecular weight excluding hydrogens is 504 g/mol. The van der Waals surface area contributed by atoms with E-state index >= 15 is 0 Å². The summed E-state index contributed by atoms with van der Waals surface area (Å²) in [5.74, 6) is -0.402. The van der Waals surface area contributed by atoms with Crippen molar-refractivity contribution >= 4 is 17.5 Å². The minimum Gasteiger partial charge on any atom is -0.339 e. The Morgan fingerprint density at radius 3 is 2.61 bits per heavy atom. The maximum Gasteiger partial charge on any atom is 0.228 e. The quantitative estimate of drug-likeness (QED) is 0.457. The summed E-state index contributed by atoms with van der Waals surface area (Å²) >= 11 is 6.27. The summed E-state index contributed by atoms with van der Waals surface area (Å²) < 4.78 is 29.6. The molecule has 1 aromatic heterocycles. The Hall–Kier alpha value is -2.05. The van der Waals surface area contributed by atoms with E-state index < -0.39 is 11.6 Å². The topological polar surface area (TPSA) is 45.2 Å². The van der Waals surface area contributed by atoms with Crippen LogP contribution in [0, 0.1) is 29.4 Å². The van der Waals surface area contributed by atoms with Gasteiger partial charge in [0.2, 0.25) is 5.91 Å². The Labute approximate surface area is 229 Å². The van der Waals surface area contributed by atoms with Gasteiger partial charge in [-0.3, -0.25) is 4.79 Å². The number of carbonyl (C=O) groups excluding carboxylic acids is 1. The molecule has 7 heteroatoms. The molecule has 0 bridgehead atoms. The second kappa shape index (κ2) is 10.5. The van der Waals surface area contributed by atoms with Gasteiger partial charge in [0.15, 0.2) is 0 Å². The van der Waals surface area contributed by atoms with E-state index in [9.17, 15) is 13.6 Å². The molecule has 2 aliphatic carbocycles. The number of halogens is 3. The smallest absolute Gasteiger partial charge is 0.228 e. The summed E-state index contributed by atoms with van der Waals surface area (Å²) in [5.41, 5.74) is 2.09. The van der Waals surface area contributed by atoms with Gasteiger partial charge in [0, 0.05) is 42.3 Å². The van der Waals surface area contributed by atoms with Crippen LogP contribution < -0.4 is 5.32 Å². The summed E-state index contributed by atoms with van der Waals surface area (Å²) in [4.78, 5) is 21.4. The Kier molecular flexibility index (Phi) is 7.23. The lowest BCUT2D eigenvalue weighted by atomic mass is 9.59. The van der Waals surface area contributed by atoms with Crippen LogP contribution in [-0.4, -0.2) is 41.5 Å². The zero-order valence-corrected chi connectivity index (χ0v) is 23.0. The second-order valence-corrected chi connectivity index (χ2v) is 12.5. The second-order valence-electron chi connectivity index (χ2n) is 12.1. The van der Waals surface area contributed by atoms with Gasteiger partial charge in [-0.1, -0.05) is 49.9 Å². The lowest BCUT2D eigenvalue weighted by Crippen LogP contribution is -2.56. The van der Waals surface area contributed by atoms with Crippen LogP contribution >= 0.6 is 11.6 Å². The highest BCUT2D eigenvalue weighted by atomic mass is 35.5. The van der Waals surface area contributed by atoms with Crippen molar-refractivity contribution in [3.8, 4) is 0 Å². The number of aryl methyl sites for hydroxylation is 1. The van der Waals surface area contributed by atoms with Crippen LogP contribution in [0.1, 0.15) is 81.0 Å². The van der Waals surface area contributed by atoms with Crippen LogP contribution in [0.3, 0.4) is 0 Å². The van der Waals surface area contributed by atoms with Gasteiger partial charge in [-0.05, 0) is 80.0 Å². The molecule has 2 aromatic rings. The molecule has 3 fully saturated rings. The Balaban J connectivity index is 1.34. The average molecular weight is 542 g/mol. The number of pyridine rings is 1. The van der Waals surface area contributed by atoms with Crippen LogP contribution in [0.5, 0.6) is 0 Å². The predicted molar refractivity (Wildman–Crippen MR) is 145 cm³/mol. The fourth-order valence-electron chi connectivity index (χ4n) is 8.40. The van der Waals surface area contributed by atoms with Crippen molar-refractivity contribution in [3.63, 3.8) is 0 Å². The average Bonchev–Trinajstić information content (AvgIpc) is 3.36. The zero-order valence-electron chi connectivity index (χ0n) is 22.2. The van der Waals surface area contributed by atoms with E-state index in [1.165, 1.54) is 30.2 Å². The van der Waals surface area contributed by atoms with Crippen molar-refractivity contribution in [1.82, 2.24) is 15.2 Å². The standard InChI is InChI=1S/C31H38ClF2N3O/c1-19-10-12-26-22(11-13-28(32)36-26)31(19)18-35-17-23(31)30(38)37-15-14-21(29-24(33)8-5-9-25(29)34)16-27(37)20-6-3-2-4-7-20/h5,8-9,11,13,19-21,23,27,35H,2-4,6-7,10,12,14-18H2,1H3. The molecule has 4 nitrogen and oxygen atoms in total. The molecule has 5 unspecified atom stereocenters. The third kappa shape index (κ3) is 4.36. The monoisotopic (exact) mass is 541 g/mol. The molecule has 1 N–H and O–H groups in total. The lowest BCUT2D eigenvalue weighted by Gasteiger charge is -2.49. The van der Waals surface area contributed by atoms with Crippen molar-refractivity contribution in [3.05, 3.63) is 63.9 Å². The van der Waals surface area contributed by atoms with Gasteiger partial charge in [0.05, 0.1) is 5.92 Å². The van der Waals surface area contributed by atoms with Gasteiger partial charge >= 0.3 is 0 Å². The first-order valence-electron chi connectivity index (χ1n) is 14.5. The molecule has 38 heavy (non-hydrogen) atoms. The zero-order chi connectivity index (χ0) is 26.4. The molecule has 204 valence electrons. The third-order valence-corrected chi connectivity index (χ3v) is 10.6. The van der Waals surface area contributed by atoms with E-state index in [4.69, 9.17) is 11.6 Å². The molecule has 5 atom stereocenters. The first-order chi connectivity index (χ1) is 18.4. The number of amides is 1. The van der Waals surface area contributed by atoms with Crippen LogP contribution in [0.15, 0.2) is 30.3 Å². The van der Waals surface area contributed by atoms with Crippen molar-refractivity contribution in [2.24, 2.45) is 17.8 Å². The Bertz CT molecular complexity index is 1180. The summed E-state index contributed by atoms with van der Waals surface area (Å²) in [6, 6.07) is 8.13. The molecule has 2 saturated heterocycles. The Morgan fingerprint density at radius 1 is 1.08 bits per heavy atom. The molecule has 0 radical (unpaired) electrons. The number of hydrogen-bond donors (Lipinski definition) is 1. The van der Waals surface area contributed by atoms with Crippen molar-refractivity contribution in [2.75, 3.05) is 19.6 Å². The van der Waals surface area contributed by atoms with Crippen LogP contribution in [-0.2, 0) is 16.6 Å². The number of hydrogen-bond acceptors (Lipinski definition) is 3. The lowest BCUT2D eigenvalue weighted by molar-refractivity contribution is -0.143. The van der Waals surface area contributed by atoms with Gasteiger partial charge in [-0.2, -0.15) is 0 Å². The van der Waals surface area contributed by atoms with E-state index in [1.54, 1.807) is 0 Å². The number of nitrogens with one attached hydrogen (secondary N) is 1. The fraction of sp³-hybridized carbons (Fsp3) is 0.613. The van der Waals surface area contributed by atoms with E-state index in [0.717, 1.165) is 50.8 Å². The molecule has 1 saturated carbocycles. The molecule has 3 heterocycles. The highest BCUT2D eigenvalue weighted by Crippen LogP contribution is 2.50.